The standard InChI is InChI=1S/C12H21NO3/c14-11(15)12(5-7-13-8-6-12)9-16-10-3-1-2-4-10/h10,13H,1-9H2,(H,14,15). The first-order valence-electron chi connectivity index (χ1n) is 6.29. The van der Waals surface area contributed by atoms with Crippen molar-refractivity contribution in [1.82, 2.24) is 5.32 Å². The van der Waals surface area contributed by atoms with E-state index < -0.39 is 11.4 Å². The van der Waals surface area contributed by atoms with Gasteiger partial charge in [0.15, 0.2) is 0 Å². The molecule has 0 aromatic rings. The molecule has 1 saturated heterocycles. The van der Waals surface area contributed by atoms with E-state index in [1.165, 1.54) is 12.8 Å². The maximum Gasteiger partial charge on any atom is 0.312 e. The van der Waals surface area contributed by atoms with Crippen molar-refractivity contribution in [3.05, 3.63) is 0 Å². The zero-order valence-corrected chi connectivity index (χ0v) is 9.71. The minimum absolute atomic E-state index is 0.311. The third kappa shape index (κ3) is 2.55. The molecule has 0 spiro atoms. The fourth-order valence-corrected chi connectivity index (χ4v) is 2.66. The number of hydrogen-bond acceptors (Lipinski definition) is 3. The number of nitrogens with one attached hydrogen (secondary N) is 1. The van der Waals surface area contributed by atoms with Crippen molar-refractivity contribution in [2.75, 3.05) is 19.7 Å². The van der Waals surface area contributed by atoms with E-state index in [0.717, 1.165) is 25.9 Å². The highest BCUT2D eigenvalue weighted by Crippen LogP contribution is 2.31. The first-order chi connectivity index (χ1) is 7.73. The van der Waals surface area contributed by atoms with Gasteiger partial charge in [0.2, 0.25) is 0 Å². The highest BCUT2D eigenvalue weighted by molar-refractivity contribution is 5.75. The molecular formula is C12H21NO3. The second-order valence-electron chi connectivity index (χ2n) is 5.05. The Labute approximate surface area is 96.4 Å². The van der Waals surface area contributed by atoms with Gasteiger partial charge < -0.3 is 15.2 Å². The van der Waals surface area contributed by atoms with Crippen molar-refractivity contribution in [1.29, 1.82) is 0 Å². The Morgan fingerprint density at radius 2 is 1.94 bits per heavy atom. The third-order valence-electron chi connectivity index (χ3n) is 3.91. The maximum atomic E-state index is 11.4. The molecule has 0 atom stereocenters. The van der Waals surface area contributed by atoms with E-state index in [9.17, 15) is 9.90 Å². The number of carbonyl (C=O) groups is 1. The number of rotatable bonds is 4. The highest BCUT2D eigenvalue weighted by Gasteiger charge is 2.40. The van der Waals surface area contributed by atoms with Gasteiger partial charge in [-0.3, -0.25) is 4.79 Å². The Morgan fingerprint density at radius 1 is 1.31 bits per heavy atom. The van der Waals surface area contributed by atoms with E-state index in [2.05, 4.69) is 5.32 Å². The average molecular weight is 227 g/mol. The zero-order valence-electron chi connectivity index (χ0n) is 9.71. The normalized spacial score (nSPS) is 25.8. The van der Waals surface area contributed by atoms with E-state index in [1.54, 1.807) is 0 Å². The van der Waals surface area contributed by atoms with Crippen LogP contribution < -0.4 is 5.32 Å². The fraction of sp³-hybridized carbons (Fsp3) is 0.917. The largest absolute Gasteiger partial charge is 0.481 e. The number of carboxylic acids is 1. The Bertz CT molecular complexity index is 243. The second kappa shape index (κ2) is 5.15. The summed E-state index contributed by atoms with van der Waals surface area (Å²) in [6.45, 7) is 1.98. The topological polar surface area (TPSA) is 58.6 Å². The van der Waals surface area contributed by atoms with Crippen LogP contribution in [0, 0.1) is 5.41 Å². The maximum absolute atomic E-state index is 11.4. The lowest BCUT2D eigenvalue weighted by Gasteiger charge is -2.34. The molecule has 1 aliphatic heterocycles. The minimum atomic E-state index is -0.688. The number of hydrogen-bond donors (Lipinski definition) is 2. The molecule has 0 aromatic heterocycles. The van der Waals surface area contributed by atoms with Gasteiger partial charge in [0.25, 0.3) is 0 Å². The monoisotopic (exact) mass is 227 g/mol. The van der Waals surface area contributed by atoms with Crippen LogP contribution in [0.25, 0.3) is 0 Å². The van der Waals surface area contributed by atoms with Crippen LogP contribution in [0.15, 0.2) is 0 Å². The summed E-state index contributed by atoms with van der Waals surface area (Å²) in [5.74, 6) is -0.688. The molecule has 2 rings (SSSR count). The van der Waals surface area contributed by atoms with Crippen LogP contribution in [-0.2, 0) is 9.53 Å². The molecular weight excluding hydrogens is 206 g/mol. The smallest absolute Gasteiger partial charge is 0.312 e. The summed E-state index contributed by atoms with van der Waals surface area (Å²) >= 11 is 0. The van der Waals surface area contributed by atoms with Crippen LogP contribution in [-0.4, -0.2) is 36.9 Å². The predicted molar refractivity (Wildman–Crippen MR) is 60.4 cm³/mol. The molecule has 2 N–H and O–H groups in total. The van der Waals surface area contributed by atoms with Gasteiger partial charge in [0.05, 0.1) is 18.1 Å². The van der Waals surface area contributed by atoms with Crippen LogP contribution >= 0.6 is 0 Å². The second-order valence-corrected chi connectivity index (χ2v) is 5.05. The molecule has 0 radical (unpaired) electrons. The molecule has 4 heteroatoms. The van der Waals surface area contributed by atoms with Crippen molar-refractivity contribution in [2.45, 2.75) is 44.6 Å². The van der Waals surface area contributed by atoms with Crippen LogP contribution in [0.5, 0.6) is 0 Å². The molecule has 1 aliphatic carbocycles. The van der Waals surface area contributed by atoms with Gasteiger partial charge in [0.1, 0.15) is 0 Å². The van der Waals surface area contributed by atoms with Crippen molar-refractivity contribution in [2.24, 2.45) is 5.41 Å². The molecule has 2 aliphatic rings. The first-order valence-corrected chi connectivity index (χ1v) is 6.29. The third-order valence-corrected chi connectivity index (χ3v) is 3.91. The average Bonchev–Trinajstić information content (AvgIpc) is 2.80. The Balaban J connectivity index is 1.88. The molecule has 0 unspecified atom stereocenters. The lowest BCUT2D eigenvalue weighted by Crippen LogP contribution is -2.45. The lowest BCUT2D eigenvalue weighted by molar-refractivity contribution is -0.156. The van der Waals surface area contributed by atoms with E-state index in [-0.39, 0.29) is 0 Å². The van der Waals surface area contributed by atoms with E-state index in [1.807, 2.05) is 0 Å². The summed E-state index contributed by atoms with van der Waals surface area (Å²) in [4.78, 5) is 11.4. The Morgan fingerprint density at radius 3 is 2.50 bits per heavy atom. The fourth-order valence-electron chi connectivity index (χ4n) is 2.66. The molecule has 2 fully saturated rings. The molecule has 0 bridgehead atoms. The van der Waals surface area contributed by atoms with Crippen LogP contribution in [0.2, 0.25) is 0 Å². The Hall–Kier alpha value is -0.610. The summed E-state index contributed by atoms with van der Waals surface area (Å²) in [6, 6.07) is 0. The molecule has 92 valence electrons. The zero-order chi connectivity index (χ0) is 11.4. The van der Waals surface area contributed by atoms with Crippen molar-refractivity contribution >= 4 is 5.97 Å². The van der Waals surface area contributed by atoms with Crippen LogP contribution in [0.4, 0.5) is 0 Å². The predicted octanol–water partition coefficient (Wildman–Crippen LogP) is 1.40. The highest BCUT2D eigenvalue weighted by atomic mass is 16.5. The van der Waals surface area contributed by atoms with Crippen molar-refractivity contribution < 1.29 is 14.6 Å². The summed E-state index contributed by atoms with van der Waals surface area (Å²) in [5, 5.41) is 12.6. The Kier molecular flexibility index (Phi) is 3.82. The van der Waals surface area contributed by atoms with Gasteiger partial charge in [-0.25, -0.2) is 0 Å². The number of aliphatic carboxylic acids is 1. The van der Waals surface area contributed by atoms with Gasteiger partial charge in [0, 0.05) is 0 Å². The molecule has 0 amide bonds. The summed E-state index contributed by atoms with van der Waals surface area (Å²) < 4.78 is 5.80. The van der Waals surface area contributed by atoms with Gasteiger partial charge in [-0.05, 0) is 38.8 Å². The van der Waals surface area contributed by atoms with Crippen molar-refractivity contribution in [3.8, 4) is 0 Å². The van der Waals surface area contributed by atoms with E-state index in [0.29, 0.717) is 25.6 Å². The number of carboxylic acid groups (broad SMARTS) is 1. The van der Waals surface area contributed by atoms with Crippen molar-refractivity contribution in [3.63, 3.8) is 0 Å². The molecule has 0 aromatic carbocycles. The van der Waals surface area contributed by atoms with Gasteiger partial charge in [-0.1, -0.05) is 12.8 Å². The summed E-state index contributed by atoms with van der Waals surface area (Å²) in [7, 11) is 0. The van der Waals surface area contributed by atoms with Gasteiger partial charge in [-0.2, -0.15) is 0 Å². The lowest BCUT2D eigenvalue weighted by atomic mass is 9.80. The summed E-state index contributed by atoms with van der Waals surface area (Å²) in [5.41, 5.74) is -0.631. The summed E-state index contributed by atoms with van der Waals surface area (Å²) in [6.07, 6.45) is 6.36. The number of ether oxygens (including phenoxy) is 1. The van der Waals surface area contributed by atoms with E-state index >= 15 is 0 Å². The van der Waals surface area contributed by atoms with E-state index in [4.69, 9.17) is 4.74 Å². The number of piperidine rings is 1. The molecule has 1 heterocycles. The SMILES string of the molecule is O=C(O)C1(COC2CCCC2)CCNCC1. The molecule has 16 heavy (non-hydrogen) atoms. The minimum Gasteiger partial charge on any atom is -0.481 e. The van der Waals surface area contributed by atoms with Gasteiger partial charge >= 0.3 is 5.97 Å². The van der Waals surface area contributed by atoms with Crippen LogP contribution in [0.1, 0.15) is 38.5 Å². The quantitative estimate of drug-likeness (QED) is 0.762. The van der Waals surface area contributed by atoms with Gasteiger partial charge in [-0.15, -0.1) is 0 Å². The molecule has 1 saturated carbocycles. The van der Waals surface area contributed by atoms with Crippen LogP contribution in [0.3, 0.4) is 0 Å². The molecule has 4 nitrogen and oxygen atoms in total. The first kappa shape index (κ1) is 11.9.